The second-order valence-corrected chi connectivity index (χ2v) is 4.77. The van der Waals surface area contributed by atoms with E-state index in [0.717, 1.165) is 18.5 Å². The lowest BCUT2D eigenvalue weighted by Crippen LogP contribution is -2.23. The van der Waals surface area contributed by atoms with Crippen LogP contribution in [-0.2, 0) is 24.2 Å². The zero-order valence-corrected chi connectivity index (χ0v) is 11.8. The Labute approximate surface area is 120 Å². The first kappa shape index (κ1) is 14.3. The molecule has 1 aromatic carbocycles. The smallest absolute Gasteiger partial charge is 0.220 e. The van der Waals surface area contributed by atoms with Gasteiger partial charge in [0, 0.05) is 12.6 Å². The Morgan fingerprint density at radius 3 is 2.50 bits per heavy atom. The summed E-state index contributed by atoms with van der Waals surface area (Å²) in [7, 11) is 0. The van der Waals surface area contributed by atoms with Gasteiger partial charge in [0.05, 0.1) is 12.2 Å². The van der Waals surface area contributed by atoms with Crippen LogP contribution in [0.3, 0.4) is 0 Å². The molecule has 1 amide bonds. The van der Waals surface area contributed by atoms with Crippen molar-refractivity contribution in [3.8, 4) is 0 Å². The van der Waals surface area contributed by atoms with Gasteiger partial charge in [-0.15, -0.1) is 0 Å². The van der Waals surface area contributed by atoms with Crippen molar-refractivity contribution >= 4 is 5.91 Å². The lowest BCUT2D eigenvalue weighted by molar-refractivity contribution is -0.121. The van der Waals surface area contributed by atoms with Gasteiger partial charge in [-0.3, -0.25) is 9.78 Å². The highest BCUT2D eigenvalue weighted by Gasteiger charge is 2.03. The zero-order valence-electron chi connectivity index (χ0n) is 11.8. The Kier molecular flexibility index (Phi) is 5.30. The van der Waals surface area contributed by atoms with Crippen LogP contribution in [0.2, 0.25) is 0 Å². The number of hydrogen-bond acceptors (Lipinski definition) is 2. The SMILES string of the molecule is CCc1ccc(CCC(=O)NCc2ccccn2)cc1. The molecule has 0 saturated heterocycles. The van der Waals surface area contributed by atoms with E-state index in [1.807, 2.05) is 18.2 Å². The van der Waals surface area contributed by atoms with Crippen LogP contribution in [0.15, 0.2) is 48.7 Å². The number of nitrogens with zero attached hydrogens (tertiary/aromatic N) is 1. The average molecular weight is 268 g/mol. The number of carbonyl (C=O) groups is 1. The Morgan fingerprint density at radius 1 is 1.10 bits per heavy atom. The quantitative estimate of drug-likeness (QED) is 0.875. The molecule has 0 unspecified atom stereocenters. The highest BCUT2D eigenvalue weighted by molar-refractivity contribution is 5.76. The third kappa shape index (κ3) is 4.50. The van der Waals surface area contributed by atoms with Crippen LogP contribution in [-0.4, -0.2) is 10.9 Å². The average Bonchev–Trinajstić information content (AvgIpc) is 2.52. The minimum absolute atomic E-state index is 0.0650. The number of hydrogen-bond donors (Lipinski definition) is 1. The van der Waals surface area contributed by atoms with Crippen molar-refractivity contribution in [3.05, 3.63) is 65.5 Å². The molecule has 0 spiro atoms. The number of rotatable bonds is 6. The number of carbonyl (C=O) groups excluding carboxylic acids is 1. The fourth-order valence-electron chi connectivity index (χ4n) is 1.98. The van der Waals surface area contributed by atoms with E-state index in [-0.39, 0.29) is 5.91 Å². The van der Waals surface area contributed by atoms with E-state index in [4.69, 9.17) is 0 Å². The summed E-state index contributed by atoms with van der Waals surface area (Å²) >= 11 is 0. The van der Waals surface area contributed by atoms with Gasteiger partial charge in [0.15, 0.2) is 0 Å². The highest BCUT2D eigenvalue weighted by atomic mass is 16.1. The molecule has 2 aromatic rings. The standard InChI is InChI=1S/C17H20N2O/c1-2-14-6-8-15(9-7-14)10-11-17(20)19-13-16-5-3-4-12-18-16/h3-9,12H,2,10-11,13H2,1H3,(H,19,20). The molecule has 2 rings (SSSR count). The van der Waals surface area contributed by atoms with Gasteiger partial charge in [-0.2, -0.15) is 0 Å². The molecule has 0 aliphatic heterocycles. The van der Waals surface area contributed by atoms with E-state index in [9.17, 15) is 4.79 Å². The summed E-state index contributed by atoms with van der Waals surface area (Å²) in [6, 6.07) is 14.1. The van der Waals surface area contributed by atoms with Crippen LogP contribution in [0.4, 0.5) is 0 Å². The molecule has 0 saturated carbocycles. The molecule has 1 heterocycles. The summed E-state index contributed by atoms with van der Waals surface area (Å²) < 4.78 is 0. The Balaban J connectivity index is 1.74. The summed E-state index contributed by atoms with van der Waals surface area (Å²) in [6.07, 6.45) is 4.07. The second kappa shape index (κ2) is 7.43. The number of amides is 1. The van der Waals surface area contributed by atoms with Crippen LogP contribution in [0, 0.1) is 0 Å². The first-order valence-corrected chi connectivity index (χ1v) is 7.02. The van der Waals surface area contributed by atoms with Gasteiger partial charge in [-0.05, 0) is 36.1 Å². The van der Waals surface area contributed by atoms with Crippen molar-refractivity contribution in [2.24, 2.45) is 0 Å². The highest BCUT2D eigenvalue weighted by Crippen LogP contribution is 2.07. The minimum Gasteiger partial charge on any atom is -0.350 e. The van der Waals surface area contributed by atoms with E-state index < -0.39 is 0 Å². The fourth-order valence-corrected chi connectivity index (χ4v) is 1.98. The van der Waals surface area contributed by atoms with Crippen LogP contribution in [0.25, 0.3) is 0 Å². The maximum Gasteiger partial charge on any atom is 0.220 e. The van der Waals surface area contributed by atoms with Crippen molar-refractivity contribution < 1.29 is 4.79 Å². The topological polar surface area (TPSA) is 42.0 Å². The van der Waals surface area contributed by atoms with Crippen LogP contribution in [0.1, 0.15) is 30.2 Å². The lowest BCUT2D eigenvalue weighted by Gasteiger charge is -2.05. The predicted octanol–water partition coefficient (Wildman–Crippen LogP) is 2.89. The lowest BCUT2D eigenvalue weighted by atomic mass is 10.1. The maximum absolute atomic E-state index is 11.8. The fraction of sp³-hybridized carbons (Fsp3) is 0.294. The Morgan fingerprint density at radius 2 is 1.85 bits per heavy atom. The number of benzene rings is 1. The van der Waals surface area contributed by atoms with Gasteiger partial charge >= 0.3 is 0 Å². The second-order valence-electron chi connectivity index (χ2n) is 4.77. The maximum atomic E-state index is 11.8. The predicted molar refractivity (Wildman–Crippen MR) is 80.2 cm³/mol. The molecule has 3 heteroatoms. The van der Waals surface area contributed by atoms with Crippen molar-refractivity contribution in [1.29, 1.82) is 0 Å². The van der Waals surface area contributed by atoms with E-state index >= 15 is 0 Å². The first-order valence-electron chi connectivity index (χ1n) is 7.02. The van der Waals surface area contributed by atoms with Crippen molar-refractivity contribution in [2.75, 3.05) is 0 Å². The Bertz CT molecular complexity index is 535. The molecular weight excluding hydrogens is 248 g/mol. The van der Waals surface area contributed by atoms with Crippen molar-refractivity contribution in [1.82, 2.24) is 10.3 Å². The van der Waals surface area contributed by atoms with Crippen LogP contribution < -0.4 is 5.32 Å². The summed E-state index contributed by atoms with van der Waals surface area (Å²) in [4.78, 5) is 15.9. The van der Waals surface area contributed by atoms with Crippen molar-refractivity contribution in [3.63, 3.8) is 0 Å². The van der Waals surface area contributed by atoms with E-state index in [0.29, 0.717) is 13.0 Å². The first-order chi connectivity index (χ1) is 9.78. The van der Waals surface area contributed by atoms with Gasteiger partial charge in [0.25, 0.3) is 0 Å². The summed E-state index contributed by atoms with van der Waals surface area (Å²) in [5.41, 5.74) is 3.41. The van der Waals surface area contributed by atoms with E-state index in [2.05, 4.69) is 41.5 Å². The molecule has 1 N–H and O–H groups in total. The number of aromatic nitrogens is 1. The van der Waals surface area contributed by atoms with Crippen LogP contribution in [0.5, 0.6) is 0 Å². The summed E-state index contributed by atoms with van der Waals surface area (Å²) in [6.45, 7) is 2.63. The zero-order chi connectivity index (χ0) is 14.2. The van der Waals surface area contributed by atoms with Gasteiger partial charge in [-0.25, -0.2) is 0 Å². The number of pyridine rings is 1. The molecular formula is C17H20N2O. The molecule has 0 atom stereocenters. The summed E-state index contributed by atoms with van der Waals surface area (Å²) in [5, 5.41) is 2.89. The third-order valence-electron chi connectivity index (χ3n) is 3.26. The number of aryl methyl sites for hydroxylation is 2. The molecule has 0 fully saturated rings. The third-order valence-corrected chi connectivity index (χ3v) is 3.26. The molecule has 1 aromatic heterocycles. The molecule has 20 heavy (non-hydrogen) atoms. The molecule has 104 valence electrons. The molecule has 0 aliphatic rings. The van der Waals surface area contributed by atoms with Gasteiger partial charge in [0.1, 0.15) is 0 Å². The van der Waals surface area contributed by atoms with Gasteiger partial charge in [0.2, 0.25) is 5.91 Å². The molecule has 3 nitrogen and oxygen atoms in total. The van der Waals surface area contributed by atoms with Crippen LogP contribution >= 0.6 is 0 Å². The summed E-state index contributed by atoms with van der Waals surface area (Å²) in [5.74, 6) is 0.0650. The minimum atomic E-state index is 0.0650. The Hall–Kier alpha value is -2.16. The van der Waals surface area contributed by atoms with Crippen molar-refractivity contribution in [2.45, 2.75) is 32.7 Å². The van der Waals surface area contributed by atoms with Gasteiger partial charge < -0.3 is 5.32 Å². The van der Waals surface area contributed by atoms with E-state index in [1.165, 1.54) is 11.1 Å². The molecule has 0 aliphatic carbocycles. The largest absolute Gasteiger partial charge is 0.350 e. The van der Waals surface area contributed by atoms with Gasteiger partial charge in [-0.1, -0.05) is 37.3 Å². The van der Waals surface area contributed by atoms with E-state index in [1.54, 1.807) is 6.20 Å². The molecule has 0 bridgehead atoms. The molecule has 0 radical (unpaired) electrons. The monoisotopic (exact) mass is 268 g/mol. The normalized spacial score (nSPS) is 10.2. The number of nitrogens with one attached hydrogen (secondary N) is 1.